The first-order valence-electron chi connectivity index (χ1n) is 5.99. The number of pyridine rings is 2. The fourth-order valence-corrected chi connectivity index (χ4v) is 2.04. The summed E-state index contributed by atoms with van der Waals surface area (Å²) in [7, 11) is 0. The molecule has 2 heteroatoms. The summed E-state index contributed by atoms with van der Waals surface area (Å²) in [6.07, 6.45) is 8.66. The number of fused-ring (bicyclic) bond motifs is 1. The summed E-state index contributed by atoms with van der Waals surface area (Å²) in [5, 5.41) is 1.20. The Labute approximate surface area is 106 Å². The zero-order valence-corrected chi connectivity index (χ0v) is 9.95. The molecule has 0 spiro atoms. The molecule has 2 nitrogen and oxygen atoms in total. The third-order valence-electron chi connectivity index (χ3n) is 2.99. The molecule has 0 amide bonds. The van der Waals surface area contributed by atoms with Crippen LogP contribution in [0.4, 0.5) is 0 Å². The van der Waals surface area contributed by atoms with Crippen molar-refractivity contribution in [3.05, 3.63) is 78.6 Å². The number of nitrogens with zero attached hydrogens (tertiary/aromatic N) is 2. The van der Waals surface area contributed by atoms with E-state index in [2.05, 4.69) is 28.5 Å². The molecule has 0 aliphatic rings. The molecule has 0 aliphatic carbocycles. The van der Waals surface area contributed by atoms with Gasteiger partial charge < -0.3 is 0 Å². The lowest BCUT2D eigenvalue weighted by Crippen LogP contribution is -1.91. The summed E-state index contributed by atoms with van der Waals surface area (Å²) in [6.45, 7) is 0. The Balaban J connectivity index is 1.87. The molecule has 0 unspecified atom stereocenters. The highest BCUT2D eigenvalue weighted by Gasteiger charge is 2.02. The number of hydrogen-bond donors (Lipinski definition) is 0. The Morgan fingerprint density at radius 2 is 1.72 bits per heavy atom. The summed E-state index contributed by atoms with van der Waals surface area (Å²) in [4.78, 5) is 8.39. The number of benzene rings is 1. The normalized spacial score (nSPS) is 10.7. The van der Waals surface area contributed by atoms with Crippen LogP contribution in [-0.4, -0.2) is 9.97 Å². The third kappa shape index (κ3) is 2.23. The lowest BCUT2D eigenvalue weighted by molar-refractivity contribution is 1.14. The van der Waals surface area contributed by atoms with Gasteiger partial charge in [0.05, 0.1) is 5.52 Å². The minimum absolute atomic E-state index is 0.913. The molecule has 3 aromatic rings. The molecule has 2 aromatic heterocycles. The van der Waals surface area contributed by atoms with Crippen LogP contribution in [-0.2, 0) is 6.42 Å². The number of rotatable bonds is 3. The molecule has 1 aromatic carbocycles. The molecule has 0 saturated carbocycles. The van der Waals surface area contributed by atoms with Crippen LogP contribution in [0, 0.1) is 6.42 Å². The second-order valence-corrected chi connectivity index (χ2v) is 4.18. The molecule has 3 rings (SSSR count). The van der Waals surface area contributed by atoms with Crippen LogP contribution in [0.25, 0.3) is 10.9 Å². The van der Waals surface area contributed by atoms with Crippen molar-refractivity contribution >= 4 is 10.9 Å². The predicted octanol–water partition coefficient (Wildman–Crippen LogP) is 3.42. The van der Waals surface area contributed by atoms with E-state index in [0.717, 1.165) is 11.9 Å². The van der Waals surface area contributed by atoms with E-state index in [0.29, 0.717) is 0 Å². The van der Waals surface area contributed by atoms with E-state index < -0.39 is 0 Å². The fraction of sp³-hybridized carbons (Fsp3) is 0.0625. The number of para-hydroxylation sites is 1. The monoisotopic (exact) mass is 233 g/mol. The second-order valence-electron chi connectivity index (χ2n) is 4.18. The van der Waals surface area contributed by atoms with Crippen LogP contribution in [0.1, 0.15) is 11.1 Å². The van der Waals surface area contributed by atoms with E-state index in [1.54, 1.807) is 0 Å². The van der Waals surface area contributed by atoms with Gasteiger partial charge in [0.15, 0.2) is 0 Å². The van der Waals surface area contributed by atoms with Crippen LogP contribution >= 0.6 is 0 Å². The van der Waals surface area contributed by atoms with Crippen molar-refractivity contribution in [2.75, 3.05) is 0 Å². The van der Waals surface area contributed by atoms with Crippen LogP contribution in [0.15, 0.2) is 61.1 Å². The van der Waals surface area contributed by atoms with E-state index in [9.17, 15) is 0 Å². The highest BCUT2D eigenvalue weighted by Crippen LogP contribution is 2.19. The molecular formula is C16H13N2. The zero-order chi connectivity index (χ0) is 12.2. The van der Waals surface area contributed by atoms with Crippen molar-refractivity contribution in [2.45, 2.75) is 6.42 Å². The first kappa shape index (κ1) is 10.9. The van der Waals surface area contributed by atoms with Gasteiger partial charge in [-0.25, -0.2) is 0 Å². The fourth-order valence-electron chi connectivity index (χ4n) is 2.04. The molecule has 87 valence electrons. The van der Waals surface area contributed by atoms with Crippen LogP contribution in [0.2, 0.25) is 0 Å². The Morgan fingerprint density at radius 1 is 0.889 bits per heavy atom. The largest absolute Gasteiger partial charge is 0.265 e. The van der Waals surface area contributed by atoms with Gasteiger partial charge >= 0.3 is 0 Å². The topological polar surface area (TPSA) is 25.8 Å². The minimum atomic E-state index is 0.913. The summed E-state index contributed by atoms with van der Waals surface area (Å²) in [5.41, 5.74) is 3.55. The van der Waals surface area contributed by atoms with Crippen molar-refractivity contribution < 1.29 is 0 Å². The molecule has 2 heterocycles. The smallest absolute Gasteiger partial charge is 0.0704 e. The molecule has 1 radical (unpaired) electrons. The van der Waals surface area contributed by atoms with Gasteiger partial charge in [0.2, 0.25) is 0 Å². The maximum atomic E-state index is 4.37. The molecule has 0 atom stereocenters. The summed E-state index contributed by atoms with van der Waals surface area (Å²) in [6, 6.07) is 14.4. The lowest BCUT2D eigenvalue weighted by Gasteiger charge is -2.05. The maximum absolute atomic E-state index is 4.37. The minimum Gasteiger partial charge on any atom is -0.265 e. The molecule has 18 heavy (non-hydrogen) atoms. The van der Waals surface area contributed by atoms with E-state index >= 15 is 0 Å². The summed E-state index contributed by atoms with van der Waals surface area (Å²) < 4.78 is 0. The summed E-state index contributed by atoms with van der Waals surface area (Å²) in [5.74, 6) is 0. The lowest BCUT2D eigenvalue weighted by atomic mass is 10.0. The van der Waals surface area contributed by atoms with Crippen LogP contribution < -0.4 is 0 Å². The predicted molar refractivity (Wildman–Crippen MR) is 73.1 cm³/mol. The van der Waals surface area contributed by atoms with Crippen molar-refractivity contribution in [1.29, 1.82) is 0 Å². The highest BCUT2D eigenvalue weighted by molar-refractivity contribution is 5.83. The van der Waals surface area contributed by atoms with Crippen LogP contribution in [0.3, 0.4) is 0 Å². The van der Waals surface area contributed by atoms with Crippen molar-refractivity contribution in [1.82, 2.24) is 9.97 Å². The Kier molecular flexibility index (Phi) is 3.01. The Bertz CT molecular complexity index is 642. The second kappa shape index (κ2) is 4.96. The first-order chi connectivity index (χ1) is 8.93. The van der Waals surface area contributed by atoms with Gasteiger partial charge in [0, 0.05) is 24.0 Å². The van der Waals surface area contributed by atoms with Crippen LogP contribution in [0.5, 0.6) is 0 Å². The molecular weight excluding hydrogens is 220 g/mol. The van der Waals surface area contributed by atoms with Gasteiger partial charge in [-0.3, -0.25) is 9.97 Å². The standard InChI is InChI=1S/C16H13N2/c1-2-4-16-15(3-1)14(9-12-18-16)6-5-13-7-10-17-11-8-13/h1-4,6-12H,5H2. The van der Waals surface area contributed by atoms with Gasteiger partial charge in [-0.2, -0.15) is 0 Å². The maximum Gasteiger partial charge on any atom is 0.0704 e. The Morgan fingerprint density at radius 3 is 2.61 bits per heavy atom. The summed E-state index contributed by atoms with van der Waals surface area (Å²) >= 11 is 0. The third-order valence-corrected chi connectivity index (χ3v) is 2.99. The average molecular weight is 233 g/mol. The molecule has 0 bridgehead atoms. The highest BCUT2D eigenvalue weighted by atomic mass is 14.6. The molecule has 0 N–H and O–H groups in total. The Hall–Kier alpha value is -2.22. The van der Waals surface area contributed by atoms with Gasteiger partial charge in [-0.15, -0.1) is 0 Å². The van der Waals surface area contributed by atoms with Crippen molar-refractivity contribution in [3.63, 3.8) is 0 Å². The molecule has 0 aliphatic heterocycles. The quantitative estimate of drug-likeness (QED) is 0.692. The molecule has 0 saturated heterocycles. The average Bonchev–Trinajstić information content (AvgIpc) is 2.46. The van der Waals surface area contributed by atoms with E-state index in [1.165, 1.54) is 16.5 Å². The van der Waals surface area contributed by atoms with E-state index in [-0.39, 0.29) is 0 Å². The SMILES string of the molecule is [CH](Cc1ccncc1)c1ccnc2ccccc12. The van der Waals surface area contributed by atoms with Gasteiger partial charge in [-0.1, -0.05) is 18.2 Å². The van der Waals surface area contributed by atoms with Gasteiger partial charge in [0.25, 0.3) is 0 Å². The van der Waals surface area contributed by atoms with Crippen molar-refractivity contribution in [3.8, 4) is 0 Å². The molecule has 0 fully saturated rings. The van der Waals surface area contributed by atoms with E-state index in [4.69, 9.17) is 0 Å². The van der Waals surface area contributed by atoms with Gasteiger partial charge in [0.1, 0.15) is 0 Å². The van der Waals surface area contributed by atoms with Crippen molar-refractivity contribution in [2.24, 2.45) is 0 Å². The first-order valence-corrected chi connectivity index (χ1v) is 5.99. The van der Waals surface area contributed by atoms with Gasteiger partial charge in [-0.05, 0) is 48.2 Å². The zero-order valence-electron chi connectivity index (χ0n) is 9.95. The number of aromatic nitrogens is 2. The van der Waals surface area contributed by atoms with E-state index in [1.807, 2.05) is 48.9 Å². The number of hydrogen-bond acceptors (Lipinski definition) is 2.